The number of fused-ring (bicyclic) bond motifs is 1. The quantitative estimate of drug-likeness (QED) is 0.223. The molecule has 0 bridgehead atoms. The van der Waals surface area contributed by atoms with Gasteiger partial charge in [0.2, 0.25) is 5.91 Å². The fourth-order valence-corrected chi connectivity index (χ4v) is 4.11. The van der Waals surface area contributed by atoms with Gasteiger partial charge in [-0.15, -0.1) is 0 Å². The Kier molecular flexibility index (Phi) is 7.53. The number of anilines is 2. The minimum atomic E-state index is -0.503. The van der Waals surface area contributed by atoms with Crippen molar-refractivity contribution in [2.24, 2.45) is 5.73 Å². The second kappa shape index (κ2) is 10.6. The van der Waals surface area contributed by atoms with Crippen LogP contribution in [0.2, 0.25) is 10.0 Å². The number of nitrogens with zero attached hydrogens (tertiary/aromatic N) is 1. The van der Waals surface area contributed by atoms with E-state index in [2.05, 4.69) is 36.8 Å². The van der Waals surface area contributed by atoms with Gasteiger partial charge in [0.25, 0.3) is 5.91 Å². The first-order valence-electron chi connectivity index (χ1n) is 10.4. The number of carbonyl (C=O) groups is 2. The van der Waals surface area contributed by atoms with E-state index in [1.54, 1.807) is 60.7 Å². The van der Waals surface area contributed by atoms with E-state index >= 15 is 0 Å². The van der Waals surface area contributed by atoms with E-state index in [0.29, 0.717) is 51.0 Å². The van der Waals surface area contributed by atoms with Crippen LogP contribution in [0, 0.1) is 0 Å². The Morgan fingerprint density at radius 3 is 2.47 bits per heavy atom. The van der Waals surface area contributed by atoms with Crippen LogP contribution in [0.1, 0.15) is 28.3 Å². The molecule has 0 aliphatic carbocycles. The van der Waals surface area contributed by atoms with Gasteiger partial charge in [-0.1, -0.05) is 45.2 Å². The van der Waals surface area contributed by atoms with Crippen molar-refractivity contribution in [3.05, 3.63) is 86.3 Å². The van der Waals surface area contributed by atoms with Gasteiger partial charge < -0.3 is 16.4 Å². The zero-order chi connectivity index (χ0) is 24.2. The van der Waals surface area contributed by atoms with Crippen molar-refractivity contribution in [1.82, 2.24) is 10.2 Å². The first-order chi connectivity index (χ1) is 16.4. The Labute approximate surface area is 214 Å². The van der Waals surface area contributed by atoms with Gasteiger partial charge in [0.1, 0.15) is 0 Å². The number of aromatic nitrogens is 2. The third-order valence-corrected chi connectivity index (χ3v) is 6.55. The van der Waals surface area contributed by atoms with Crippen LogP contribution in [0.15, 0.2) is 65.1 Å². The summed E-state index contributed by atoms with van der Waals surface area (Å²) in [6.45, 7) is 0.325. The van der Waals surface area contributed by atoms with Crippen molar-refractivity contribution in [1.29, 1.82) is 0 Å². The lowest BCUT2D eigenvalue weighted by atomic mass is 9.94. The normalized spacial score (nSPS) is 11.9. The lowest BCUT2D eigenvalue weighted by Crippen LogP contribution is -2.23. The number of nitrogens with two attached hydrogens (primary N) is 1. The molecule has 0 saturated heterocycles. The summed E-state index contributed by atoms with van der Waals surface area (Å²) in [7, 11) is 0. The summed E-state index contributed by atoms with van der Waals surface area (Å²) in [6, 6.07) is 17.4. The average molecular weight is 561 g/mol. The third kappa shape index (κ3) is 5.42. The van der Waals surface area contributed by atoms with E-state index in [0.717, 1.165) is 10.0 Å². The molecule has 0 aliphatic rings. The highest BCUT2D eigenvalue weighted by molar-refractivity contribution is 9.10. The Balaban J connectivity index is 1.55. The largest absolute Gasteiger partial charge is 0.330 e. The summed E-state index contributed by atoms with van der Waals surface area (Å²) in [5.41, 5.74) is 8.25. The van der Waals surface area contributed by atoms with Gasteiger partial charge in [-0.25, -0.2) is 0 Å². The monoisotopic (exact) mass is 559 g/mol. The average Bonchev–Trinajstić information content (AvgIpc) is 3.21. The van der Waals surface area contributed by atoms with Crippen molar-refractivity contribution in [3.8, 4) is 0 Å². The van der Waals surface area contributed by atoms with Gasteiger partial charge in [0.15, 0.2) is 5.82 Å². The minimum Gasteiger partial charge on any atom is -0.330 e. The zero-order valence-corrected chi connectivity index (χ0v) is 20.8. The first kappa shape index (κ1) is 24.2. The first-order valence-corrected chi connectivity index (χ1v) is 11.9. The molecule has 0 spiro atoms. The van der Waals surface area contributed by atoms with Crippen molar-refractivity contribution in [3.63, 3.8) is 0 Å². The molecule has 10 heteroatoms. The summed E-state index contributed by atoms with van der Waals surface area (Å²) in [5, 5.41) is 14.3. The fraction of sp³-hybridized carbons (Fsp3) is 0.125. The number of hydrogen-bond acceptors (Lipinski definition) is 4. The van der Waals surface area contributed by atoms with Crippen LogP contribution in [-0.4, -0.2) is 28.6 Å². The number of carbonyl (C=O) groups excluding carboxylic acids is 2. The molecule has 0 saturated carbocycles. The van der Waals surface area contributed by atoms with E-state index in [4.69, 9.17) is 28.9 Å². The summed E-state index contributed by atoms with van der Waals surface area (Å²) < 4.78 is 0.878. The number of aromatic amines is 1. The predicted octanol–water partition coefficient (Wildman–Crippen LogP) is 5.96. The van der Waals surface area contributed by atoms with Crippen LogP contribution in [0.5, 0.6) is 0 Å². The second-order valence-corrected chi connectivity index (χ2v) is 9.32. The molecule has 174 valence electrons. The number of rotatable bonds is 7. The number of halogens is 3. The molecule has 5 N–H and O–H groups in total. The van der Waals surface area contributed by atoms with E-state index in [1.165, 1.54) is 0 Å². The molecular formula is C24H20BrCl2N5O2. The maximum Gasteiger partial charge on any atom is 0.256 e. The number of amides is 2. The highest BCUT2D eigenvalue weighted by atomic mass is 79.9. The Morgan fingerprint density at radius 1 is 1.00 bits per heavy atom. The minimum absolute atomic E-state index is 0.230. The number of nitrogens with one attached hydrogen (secondary N) is 3. The molecule has 0 aliphatic heterocycles. The smallest absolute Gasteiger partial charge is 0.256 e. The van der Waals surface area contributed by atoms with Crippen molar-refractivity contribution >= 4 is 73.4 Å². The molecule has 1 heterocycles. The molecule has 2 amide bonds. The number of H-pyrrole nitrogens is 1. The summed E-state index contributed by atoms with van der Waals surface area (Å²) in [5.74, 6) is -0.663. The van der Waals surface area contributed by atoms with Crippen LogP contribution >= 0.6 is 39.1 Å². The fourth-order valence-electron chi connectivity index (χ4n) is 3.54. The molecule has 4 rings (SSSR count). The molecule has 1 aromatic heterocycles. The van der Waals surface area contributed by atoms with Crippen LogP contribution in [-0.2, 0) is 4.79 Å². The highest BCUT2D eigenvalue weighted by Crippen LogP contribution is 2.30. The molecule has 0 radical (unpaired) electrons. The van der Waals surface area contributed by atoms with E-state index in [9.17, 15) is 9.59 Å². The molecule has 3 aromatic carbocycles. The highest BCUT2D eigenvalue weighted by Gasteiger charge is 2.21. The molecular weight excluding hydrogens is 541 g/mol. The topological polar surface area (TPSA) is 113 Å². The summed E-state index contributed by atoms with van der Waals surface area (Å²) >= 11 is 15.5. The number of benzene rings is 3. The Bertz CT molecular complexity index is 1360. The van der Waals surface area contributed by atoms with Crippen molar-refractivity contribution in [2.45, 2.75) is 12.3 Å². The molecule has 0 fully saturated rings. The maximum atomic E-state index is 13.1. The van der Waals surface area contributed by atoms with Crippen molar-refractivity contribution in [2.75, 3.05) is 17.2 Å². The molecule has 34 heavy (non-hydrogen) atoms. The maximum absolute atomic E-state index is 13.1. The molecule has 7 nitrogen and oxygen atoms in total. The lowest BCUT2D eigenvalue weighted by molar-refractivity contribution is -0.117. The lowest BCUT2D eigenvalue weighted by Gasteiger charge is -2.17. The summed E-state index contributed by atoms with van der Waals surface area (Å²) in [6.07, 6.45) is 0.437. The van der Waals surface area contributed by atoms with E-state index < -0.39 is 5.92 Å². The van der Waals surface area contributed by atoms with Crippen LogP contribution in [0.25, 0.3) is 10.9 Å². The summed E-state index contributed by atoms with van der Waals surface area (Å²) in [4.78, 5) is 25.7. The SMILES string of the molecule is NCCC(C(=O)Nc1ccc2[nH]nc(NC(=O)c3ccc(Br)cc3)c2c1)c1ccc(Cl)c(Cl)c1. The predicted molar refractivity (Wildman–Crippen MR) is 140 cm³/mol. The van der Waals surface area contributed by atoms with Gasteiger partial charge in [-0.05, 0) is 73.1 Å². The van der Waals surface area contributed by atoms with E-state index in [-0.39, 0.29) is 11.8 Å². The van der Waals surface area contributed by atoms with Crippen molar-refractivity contribution < 1.29 is 9.59 Å². The third-order valence-electron chi connectivity index (χ3n) is 5.29. The van der Waals surface area contributed by atoms with Crippen LogP contribution in [0.3, 0.4) is 0 Å². The van der Waals surface area contributed by atoms with Gasteiger partial charge in [0.05, 0.1) is 21.5 Å². The standard InChI is InChI=1S/C24H20BrCl2N5O2/c25-15-4-1-13(2-5-15)23(33)30-22-18-12-16(6-8-21(18)31-32-22)29-24(34)17(9-10-28)14-3-7-19(26)20(27)11-14/h1-8,11-12,17H,9-10,28H2,(H,29,34)(H2,30,31,32,33). The second-order valence-electron chi connectivity index (χ2n) is 7.59. The van der Waals surface area contributed by atoms with Gasteiger partial charge in [-0.2, -0.15) is 5.10 Å². The Hall–Kier alpha value is -2.91. The van der Waals surface area contributed by atoms with Crippen LogP contribution < -0.4 is 16.4 Å². The zero-order valence-electron chi connectivity index (χ0n) is 17.7. The molecule has 1 atom stereocenters. The van der Waals surface area contributed by atoms with Gasteiger partial charge >= 0.3 is 0 Å². The van der Waals surface area contributed by atoms with Crippen LogP contribution in [0.4, 0.5) is 11.5 Å². The molecule has 4 aromatic rings. The number of hydrogen-bond donors (Lipinski definition) is 4. The van der Waals surface area contributed by atoms with Gasteiger partial charge in [0, 0.05) is 21.1 Å². The van der Waals surface area contributed by atoms with Gasteiger partial charge in [-0.3, -0.25) is 14.7 Å². The Morgan fingerprint density at radius 2 is 1.76 bits per heavy atom. The molecule has 1 unspecified atom stereocenters. The van der Waals surface area contributed by atoms with E-state index in [1.807, 2.05) is 0 Å².